The molecule has 0 aliphatic heterocycles. The summed E-state index contributed by atoms with van der Waals surface area (Å²) in [6.07, 6.45) is 3.83. The van der Waals surface area contributed by atoms with E-state index in [1.807, 2.05) is 12.4 Å². The monoisotopic (exact) mass is 572 g/mol. The second-order valence-electron chi connectivity index (χ2n) is 11.6. The van der Waals surface area contributed by atoms with Crippen molar-refractivity contribution in [3.8, 4) is 39.1 Å². The van der Waals surface area contributed by atoms with Gasteiger partial charge in [0.05, 0.1) is 11.0 Å². The smallest absolute Gasteiger partial charge is 0.0571 e. The predicted molar refractivity (Wildman–Crippen MR) is 190 cm³/mol. The van der Waals surface area contributed by atoms with Crippen LogP contribution in [0.5, 0.6) is 0 Å². The Hall–Kier alpha value is -5.99. The number of pyridine rings is 1. The van der Waals surface area contributed by atoms with Crippen LogP contribution in [0.15, 0.2) is 170 Å². The lowest BCUT2D eigenvalue weighted by molar-refractivity contribution is 1.17. The molecule has 2 heterocycles. The lowest BCUT2D eigenvalue weighted by Crippen LogP contribution is -1.93. The lowest BCUT2D eigenvalue weighted by atomic mass is 9.86. The van der Waals surface area contributed by atoms with Crippen LogP contribution in [0.3, 0.4) is 0 Å². The van der Waals surface area contributed by atoms with Gasteiger partial charge in [-0.15, -0.1) is 0 Å². The first kappa shape index (κ1) is 25.5. The van der Waals surface area contributed by atoms with Gasteiger partial charge in [0.1, 0.15) is 0 Å². The maximum Gasteiger partial charge on any atom is 0.0571 e. The summed E-state index contributed by atoms with van der Waals surface area (Å²) in [5.74, 6) is 0. The van der Waals surface area contributed by atoms with E-state index in [1.54, 1.807) is 0 Å². The van der Waals surface area contributed by atoms with E-state index in [1.165, 1.54) is 76.7 Å². The van der Waals surface area contributed by atoms with E-state index >= 15 is 0 Å². The van der Waals surface area contributed by atoms with Gasteiger partial charge in [-0.3, -0.25) is 4.98 Å². The minimum atomic E-state index is 1.14. The van der Waals surface area contributed by atoms with Gasteiger partial charge in [0, 0.05) is 28.9 Å². The van der Waals surface area contributed by atoms with Gasteiger partial charge in [-0.2, -0.15) is 0 Å². The van der Waals surface area contributed by atoms with Crippen molar-refractivity contribution in [1.82, 2.24) is 9.55 Å². The first-order valence-corrected chi connectivity index (χ1v) is 15.4. The van der Waals surface area contributed by atoms with Crippen molar-refractivity contribution in [2.24, 2.45) is 0 Å². The highest BCUT2D eigenvalue weighted by molar-refractivity contribution is 6.21. The largest absolute Gasteiger partial charge is 0.309 e. The number of hydrogen-bond acceptors (Lipinski definition) is 1. The van der Waals surface area contributed by atoms with E-state index in [2.05, 4.69) is 167 Å². The van der Waals surface area contributed by atoms with Gasteiger partial charge in [0.15, 0.2) is 0 Å². The predicted octanol–water partition coefficient (Wildman–Crippen LogP) is 11.5. The molecule has 9 rings (SSSR count). The quantitative estimate of drug-likeness (QED) is 0.192. The SMILES string of the molecule is c1ccc(-c2c3ccccc3c(-c3ccc(-c4ccc(-n5c6ccccc6c6cnccc65)cc4)cc3)c3ccccc23)cc1. The number of rotatable bonds is 4. The Morgan fingerprint density at radius 1 is 0.333 bits per heavy atom. The average Bonchev–Trinajstić information content (AvgIpc) is 3.45. The zero-order valence-corrected chi connectivity index (χ0v) is 24.6. The molecule has 0 fully saturated rings. The molecule has 45 heavy (non-hydrogen) atoms. The van der Waals surface area contributed by atoms with Gasteiger partial charge in [0.2, 0.25) is 0 Å². The summed E-state index contributed by atoms with van der Waals surface area (Å²) in [4.78, 5) is 4.39. The Morgan fingerprint density at radius 2 is 0.778 bits per heavy atom. The van der Waals surface area contributed by atoms with Gasteiger partial charge in [-0.05, 0) is 79.2 Å². The molecule has 0 unspecified atom stereocenters. The molecular formula is C43H28N2. The highest BCUT2D eigenvalue weighted by Gasteiger charge is 2.16. The van der Waals surface area contributed by atoms with Gasteiger partial charge >= 0.3 is 0 Å². The molecular weight excluding hydrogens is 544 g/mol. The molecule has 0 radical (unpaired) electrons. The van der Waals surface area contributed by atoms with Crippen molar-refractivity contribution >= 4 is 43.4 Å². The summed E-state index contributed by atoms with van der Waals surface area (Å²) in [5, 5.41) is 7.49. The molecule has 9 aromatic rings. The molecule has 0 aliphatic carbocycles. The summed E-state index contributed by atoms with van der Waals surface area (Å²) in [7, 11) is 0. The third kappa shape index (κ3) is 4.07. The molecule has 2 heteroatoms. The molecule has 0 spiro atoms. The lowest BCUT2D eigenvalue weighted by Gasteiger charge is -2.18. The summed E-state index contributed by atoms with van der Waals surface area (Å²) in [5.41, 5.74) is 10.9. The number of benzene rings is 7. The summed E-state index contributed by atoms with van der Waals surface area (Å²) in [6.45, 7) is 0. The zero-order chi connectivity index (χ0) is 29.7. The van der Waals surface area contributed by atoms with Crippen LogP contribution in [-0.2, 0) is 0 Å². The normalized spacial score (nSPS) is 11.6. The summed E-state index contributed by atoms with van der Waals surface area (Å²) < 4.78 is 2.33. The number of nitrogens with zero attached hydrogens (tertiary/aromatic N) is 2. The second-order valence-corrected chi connectivity index (χ2v) is 11.6. The zero-order valence-electron chi connectivity index (χ0n) is 24.6. The molecule has 7 aromatic carbocycles. The Labute approximate surface area is 261 Å². The van der Waals surface area contributed by atoms with Crippen LogP contribution in [0, 0.1) is 0 Å². The van der Waals surface area contributed by atoms with Crippen molar-refractivity contribution in [2.75, 3.05) is 0 Å². The molecule has 0 saturated heterocycles. The van der Waals surface area contributed by atoms with Gasteiger partial charge in [-0.1, -0.05) is 133 Å². The summed E-state index contributed by atoms with van der Waals surface area (Å²) >= 11 is 0. The summed E-state index contributed by atoms with van der Waals surface area (Å²) in [6, 6.07) is 57.0. The topological polar surface area (TPSA) is 17.8 Å². The van der Waals surface area contributed by atoms with Crippen LogP contribution in [0.2, 0.25) is 0 Å². The molecule has 0 amide bonds. The fourth-order valence-corrected chi connectivity index (χ4v) is 7.08. The van der Waals surface area contributed by atoms with Crippen LogP contribution in [0.4, 0.5) is 0 Å². The number of fused-ring (bicyclic) bond motifs is 5. The molecule has 0 atom stereocenters. The van der Waals surface area contributed by atoms with E-state index in [0.717, 1.165) is 5.69 Å². The minimum Gasteiger partial charge on any atom is -0.309 e. The van der Waals surface area contributed by atoms with Crippen molar-refractivity contribution < 1.29 is 0 Å². The fraction of sp³-hybridized carbons (Fsp3) is 0. The molecule has 2 nitrogen and oxygen atoms in total. The van der Waals surface area contributed by atoms with Crippen LogP contribution in [0.25, 0.3) is 82.4 Å². The second kappa shape index (κ2) is 10.3. The molecule has 0 N–H and O–H groups in total. The van der Waals surface area contributed by atoms with Gasteiger partial charge in [0.25, 0.3) is 0 Å². The van der Waals surface area contributed by atoms with Crippen molar-refractivity contribution in [1.29, 1.82) is 0 Å². The number of para-hydroxylation sites is 1. The fourth-order valence-electron chi connectivity index (χ4n) is 7.08. The van der Waals surface area contributed by atoms with E-state index in [4.69, 9.17) is 0 Å². The first-order chi connectivity index (χ1) is 22.3. The minimum absolute atomic E-state index is 1.14. The van der Waals surface area contributed by atoms with Crippen LogP contribution >= 0.6 is 0 Å². The number of aromatic nitrogens is 2. The molecule has 2 aromatic heterocycles. The highest BCUT2D eigenvalue weighted by Crippen LogP contribution is 2.43. The maximum absolute atomic E-state index is 4.39. The van der Waals surface area contributed by atoms with E-state index in [0.29, 0.717) is 0 Å². The molecule has 0 bridgehead atoms. The molecule has 0 saturated carbocycles. The molecule has 210 valence electrons. The van der Waals surface area contributed by atoms with Crippen LogP contribution in [-0.4, -0.2) is 9.55 Å². The Kier molecular flexibility index (Phi) is 5.85. The Balaban J connectivity index is 1.14. The third-order valence-electron chi connectivity index (χ3n) is 9.10. The van der Waals surface area contributed by atoms with Crippen molar-refractivity contribution in [3.05, 3.63) is 170 Å². The van der Waals surface area contributed by atoms with Crippen molar-refractivity contribution in [2.45, 2.75) is 0 Å². The Bertz CT molecular complexity index is 2390. The third-order valence-corrected chi connectivity index (χ3v) is 9.10. The van der Waals surface area contributed by atoms with Crippen molar-refractivity contribution in [3.63, 3.8) is 0 Å². The van der Waals surface area contributed by atoms with Crippen LogP contribution in [0.1, 0.15) is 0 Å². The van der Waals surface area contributed by atoms with E-state index < -0.39 is 0 Å². The molecule has 0 aliphatic rings. The van der Waals surface area contributed by atoms with Gasteiger partial charge in [-0.25, -0.2) is 0 Å². The average molecular weight is 573 g/mol. The first-order valence-electron chi connectivity index (χ1n) is 15.4. The van der Waals surface area contributed by atoms with E-state index in [9.17, 15) is 0 Å². The van der Waals surface area contributed by atoms with Crippen LogP contribution < -0.4 is 0 Å². The standard InChI is InChI=1S/C43H28N2/c1-2-10-31(11-3-1)42-35-13-4-6-15-37(35)43(38-16-7-5-14-36(38)42)32-20-18-29(19-21-32)30-22-24-33(25-23-30)45-40-17-9-8-12-34(40)39-28-44-27-26-41(39)45/h1-28H. The highest BCUT2D eigenvalue weighted by atomic mass is 15.0. The van der Waals surface area contributed by atoms with E-state index in [-0.39, 0.29) is 0 Å². The maximum atomic E-state index is 4.39. The number of hydrogen-bond donors (Lipinski definition) is 0. The Morgan fingerprint density at radius 3 is 1.38 bits per heavy atom. The van der Waals surface area contributed by atoms with Gasteiger partial charge < -0.3 is 4.57 Å².